The van der Waals surface area contributed by atoms with Crippen LogP contribution in [0.3, 0.4) is 0 Å². The van der Waals surface area contributed by atoms with Crippen LogP contribution in [-0.4, -0.2) is 23.8 Å². The molecule has 0 N–H and O–H groups in total. The first-order valence-corrected chi connectivity index (χ1v) is 6.88. The molecule has 0 aromatic heterocycles. The Balaban J connectivity index is 2.79. The average molecular weight is 334 g/mol. The Kier molecular flexibility index (Phi) is 5.61. The summed E-state index contributed by atoms with van der Waals surface area (Å²) in [6.45, 7) is 1.73. The van der Waals surface area contributed by atoms with Crippen LogP contribution in [0.5, 0.6) is 0 Å². The Labute approximate surface area is 117 Å². The number of methoxy groups -OCH3 is 1. The van der Waals surface area contributed by atoms with Crippen LogP contribution >= 0.6 is 27.7 Å². The number of hydrogen-bond donors (Lipinski definition) is 0. The maximum Gasteiger partial charge on any atom is 0.309 e. The largest absolute Gasteiger partial charge is 0.469 e. The highest BCUT2D eigenvalue weighted by atomic mass is 79.9. The van der Waals surface area contributed by atoms with E-state index in [-0.39, 0.29) is 17.6 Å². The van der Waals surface area contributed by atoms with E-state index in [0.717, 1.165) is 0 Å². The van der Waals surface area contributed by atoms with Gasteiger partial charge in [-0.25, -0.2) is 0 Å². The number of rotatable bonds is 5. The summed E-state index contributed by atoms with van der Waals surface area (Å²) in [4.78, 5) is 22.2. The molecule has 0 fully saturated rings. The molecular weight excluding hydrogens is 322 g/mol. The first kappa shape index (κ1) is 15.0. The van der Waals surface area contributed by atoms with Gasteiger partial charge in [-0.1, -0.05) is 22.9 Å². The number of nitro benzene ring substituents is 1. The summed E-state index contributed by atoms with van der Waals surface area (Å²) >= 11 is 4.46. The highest BCUT2D eigenvalue weighted by Gasteiger charge is 2.18. The van der Waals surface area contributed by atoms with Gasteiger partial charge in [0.1, 0.15) is 0 Å². The summed E-state index contributed by atoms with van der Waals surface area (Å²) in [5.74, 6) is -0.180. The molecule has 0 saturated heterocycles. The van der Waals surface area contributed by atoms with E-state index in [4.69, 9.17) is 0 Å². The normalized spacial score (nSPS) is 11.9. The summed E-state index contributed by atoms with van der Waals surface area (Å²) in [5.41, 5.74) is 0.0337. The molecule has 0 aliphatic rings. The second kappa shape index (κ2) is 6.75. The Hall–Kier alpha value is -1.08. The lowest BCUT2D eigenvalue weighted by Crippen LogP contribution is -2.14. The number of nitro groups is 1. The molecule has 0 spiro atoms. The van der Waals surface area contributed by atoms with Crippen molar-refractivity contribution in [3.8, 4) is 0 Å². The van der Waals surface area contributed by atoms with Crippen molar-refractivity contribution in [2.45, 2.75) is 11.8 Å². The fraction of sp³-hybridized carbons (Fsp3) is 0.364. The number of esters is 1. The van der Waals surface area contributed by atoms with Crippen LogP contribution in [0.2, 0.25) is 0 Å². The molecule has 0 aliphatic carbocycles. The number of benzene rings is 1. The molecule has 7 heteroatoms. The summed E-state index contributed by atoms with van der Waals surface area (Å²) in [5, 5.41) is 10.9. The molecule has 0 radical (unpaired) electrons. The molecule has 1 rings (SSSR count). The van der Waals surface area contributed by atoms with Crippen molar-refractivity contribution in [2.75, 3.05) is 12.9 Å². The zero-order valence-electron chi connectivity index (χ0n) is 9.88. The summed E-state index contributed by atoms with van der Waals surface area (Å²) in [7, 11) is 1.32. The van der Waals surface area contributed by atoms with Gasteiger partial charge in [0.25, 0.3) is 5.69 Å². The van der Waals surface area contributed by atoms with Crippen LogP contribution < -0.4 is 0 Å². The third-order valence-corrected chi connectivity index (χ3v) is 4.03. The van der Waals surface area contributed by atoms with Crippen molar-refractivity contribution >= 4 is 39.3 Å². The Bertz CT molecular complexity index is 466. The molecule has 0 amide bonds. The van der Waals surface area contributed by atoms with E-state index in [1.165, 1.54) is 24.9 Å². The summed E-state index contributed by atoms with van der Waals surface area (Å²) < 4.78 is 5.26. The Morgan fingerprint density at radius 2 is 2.28 bits per heavy atom. The standard InChI is InChI=1S/C11H12BrNO4S/c1-7(11(14)17-2)6-18-10-4-3-8(12)5-9(10)13(15)16/h3-5,7H,6H2,1-2H3. The van der Waals surface area contributed by atoms with Crippen molar-refractivity contribution in [3.63, 3.8) is 0 Å². The average Bonchev–Trinajstić information content (AvgIpc) is 2.35. The van der Waals surface area contributed by atoms with Crippen molar-refractivity contribution < 1.29 is 14.5 Å². The molecule has 1 unspecified atom stereocenters. The quantitative estimate of drug-likeness (QED) is 0.358. The minimum Gasteiger partial charge on any atom is -0.469 e. The van der Waals surface area contributed by atoms with Crippen molar-refractivity contribution in [2.24, 2.45) is 5.92 Å². The van der Waals surface area contributed by atoms with Crippen LogP contribution in [0.4, 0.5) is 5.69 Å². The predicted octanol–water partition coefficient (Wildman–Crippen LogP) is 3.26. The van der Waals surface area contributed by atoms with Gasteiger partial charge < -0.3 is 4.74 Å². The molecule has 98 valence electrons. The maximum atomic E-state index is 11.2. The zero-order chi connectivity index (χ0) is 13.7. The Morgan fingerprint density at radius 3 is 2.83 bits per heavy atom. The minimum atomic E-state index is -0.435. The first-order chi connectivity index (χ1) is 8.45. The third-order valence-electron chi connectivity index (χ3n) is 2.21. The van der Waals surface area contributed by atoms with Crippen LogP contribution in [0.15, 0.2) is 27.6 Å². The molecule has 1 atom stereocenters. The molecule has 0 saturated carbocycles. The Morgan fingerprint density at radius 1 is 1.61 bits per heavy atom. The molecule has 18 heavy (non-hydrogen) atoms. The molecular formula is C11H12BrNO4S. The molecule has 5 nitrogen and oxygen atoms in total. The summed E-state index contributed by atoms with van der Waals surface area (Å²) in [6, 6.07) is 4.85. The van der Waals surface area contributed by atoms with Gasteiger partial charge in [-0.15, -0.1) is 11.8 Å². The van der Waals surface area contributed by atoms with Gasteiger partial charge in [0.05, 0.1) is 22.8 Å². The van der Waals surface area contributed by atoms with E-state index in [1.54, 1.807) is 19.1 Å². The fourth-order valence-corrected chi connectivity index (χ4v) is 2.60. The van der Waals surface area contributed by atoms with Crippen molar-refractivity contribution in [3.05, 3.63) is 32.8 Å². The second-order valence-corrected chi connectivity index (χ2v) is 5.58. The van der Waals surface area contributed by atoms with E-state index in [9.17, 15) is 14.9 Å². The fourth-order valence-electron chi connectivity index (χ4n) is 1.24. The highest BCUT2D eigenvalue weighted by molar-refractivity contribution is 9.10. The molecule has 0 bridgehead atoms. The van der Waals surface area contributed by atoms with Gasteiger partial charge in [-0.2, -0.15) is 0 Å². The monoisotopic (exact) mass is 333 g/mol. The van der Waals surface area contributed by atoms with Gasteiger partial charge in [-0.05, 0) is 12.1 Å². The topological polar surface area (TPSA) is 69.4 Å². The van der Waals surface area contributed by atoms with E-state index in [2.05, 4.69) is 20.7 Å². The van der Waals surface area contributed by atoms with E-state index < -0.39 is 4.92 Å². The zero-order valence-corrected chi connectivity index (χ0v) is 12.3. The van der Waals surface area contributed by atoms with E-state index in [1.807, 2.05) is 0 Å². The van der Waals surface area contributed by atoms with Gasteiger partial charge in [0, 0.05) is 16.3 Å². The van der Waals surface area contributed by atoms with Crippen LogP contribution in [0, 0.1) is 16.0 Å². The lowest BCUT2D eigenvalue weighted by molar-refractivity contribution is -0.387. The van der Waals surface area contributed by atoms with Crippen molar-refractivity contribution in [1.29, 1.82) is 0 Å². The molecule has 0 aliphatic heterocycles. The number of carbonyl (C=O) groups excluding carboxylic acids is 1. The van der Waals surface area contributed by atoms with E-state index >= 15 is 0 Å². The van der Waals surface area contributed by atoms with Gasteiger partial charge >= 0.3 is 5.97 Å². The third kappa shape index (κ3) is 3.99. The lowest BCUT2D eigenvalue weighted by Gasteiger charge is -2.08. The number of thioether (sulfide) groups is 1. The van der Waals surface area contributed by atoms with E-state index in [0.29, 0.717) is 15.1 Å². The highest BCUT2D eigenvalue weighted by Crippen LogP contribution is 2.32. The van der Waals surface area contributed by atoms with Crippen LogP contribution in [-0.2, 0) is 9.53 Å². The molecule has 1 aromatic rings. The van der Waals surface area contributed by atoms with Gasteiger partial charge in [0.15, 0.2) is 0 Å². The van der Waals surface area contributed by atoms with Gasteiger partial charge in [-0.3, -0.25) is 14.9 Å². The number of nitrogens with zero attached hydrogens (tertiary/aromatic N) is 1. The maximum absolute atomic E-state index is 11.2. The van der Waals surface area contributed by atoms with Crippen LogP contribution in [0.25, 0.3) is 0 Å². The number of ether oxygens (including phenoxy) is 1. The first-order valence-electron chi connectivity index (χ1n) is 5.10. The molecule has 0 heterocycles. The smallest absolute Gasteiger partial charge is 0.309 e. The van der Waals surface area contributed by atoms with Gasteiger partial charge in [0.2, 0.25) is 0 Å². The minimum absolute atomic E-state index is 0.0337. The van der Waals surface area contributed by atoms with Crippen LogP contribution in [0.1, 0.15) is 6.92 Å². The number of halogens is 1. The SMILES string of the molecule is COC(=O)C(C)CSc1ccc(Br)cc1[N+](=O)[O-]. The predicted molar refractivity (Wildman–Crippen MR) is 72.7 cm³/mol. The lowest BCUT2D eigenvalue weighted by atomic mass is 10.2. The number of hydrogen-bond acceptors (Lipinski definition) is 5. The van der Waals surface area contributed by atoms with Crippen molar-refractivity contribution in [1.82, 2.24) is 0 Å². The number of carbonyl (C=O) groups is 1. The molecule has 1 aromatic carbocycles. The second-order valence-electron chi connectivity index (χ2n) is 3.60. The summed E-state index contributed by atoms with van der Waals surface area (Å²) in [6.07, 6.45) is 0.